The molecule has 3 aromatic rings. The van der Waals surface area contributed by atoms with Gasteiger partial charge in [0.05, 0.1) is 10.2 Å². The summed E-state index contributed by atoms with van der Waals surface area (Å²) < 4.78 is 15.2. The second kappa shape index (κ2) is 10.3. The van der Waals surface area contributed by atoms with Crippen molar-refractivity contribution in [3.63, 3.8) is 0 Å². The highest BCUT2D eigenvalue weighted by molar-refractivity contribution is 9.10. The Kier molecular flexibility index (Phi) is 8.37. The average Bonchev–Trinajstić information content (AvgIpc) is 3.08. The molecule has 3 rings (SSSR count). The van der Waals surface area contributed by atoms with Gasteiger partial charge in [-0.05, 0) is 55.6 Å². The molecule has 0 aliphatic rings. The third-order valence-corrected chi connectivity index (χ3v) is 5.98. The van der Waals surface area contributed by atoms with Crippen LogP contribution in [0.25, 0.3) is 10.2 Å². The van der Waals surface area contributed by atoms with Gasteiger partial charge < -0.3 is 4.90 Å². The lowest BCUT2D eigenvalue weighted by molar-refractivity contribution is 0.0983. The van der Waals surface area contributed by atoms with Crippen LogP contribution in [0.1, 0.15) is 24.2 Å². The van der Waals surface area contributed by atoms with Crippen LogP contribution in [0, 0.1) is 5.82 Å². The van der Waals surface area contributed by atoms with Crippen molar-refractivity contribution in [1.82, 2.24) is 9.88 Å². The summed E-state index contributed by atoms with van der Waals surface area (Å²) in [5, 5.41) is 0.657. The van der Waals surface area contributed by atoms with Crippen molar-refractivity contribution in [3.05, 3.63) is 58.3 Å². The molecule has 0 N–H and O–H groups in total. The fourth-order valence-electron chi connectivity index (χ4n) is 2.82. The molecule has 1 aromatic heterocycles. The number of likely N-dealkylation sites (N-methyl/N-ethyl adjacent to an activating group) is 1. The number of aromatic nitrogens is 1. The molecule has 4 nitrogen and oxygen atoms in total. The highest BCUT2D eigenvalue weighted by Crippen LogP contribution is 2.31. The van der Waals surface area contributed by atoms with Gasteiger partial charge in [-0.3, -0.25) is 9.69 Å². The summed E-state index contributed by atoms with van der Waals surface area (Å²) in [5.41, 5.74) is 1.31. The van der Waals surface area contributed by atoms with Gasteiger partial charge in [-0.2, -0.15) is 0 Å². The average molecular weight is 487 g/mol. The van der Waals surface area contributed by atoms with Crippen molar-refractivity contribution in [3.8, 4) is 0 Å². The fraction of sp³-hybridized carbons (Fsp3) is 0.300. The van der Waals surface area contributed by atoms with E-state index in [4.69, 9.17) is 0 Å². The molecule has 0 radical (unpaired) electrons. The summed E-state index contributed by atoms with van der Waals surface area (Å²) in [6.07, 6.45) is 0. The van der Waals surface area contributed by atoms with Gasteiger partial charge in [-0.25, -0.2) is 9.37 Å². The zero-order chi connectivity index (χ0) is 19.4. The molecule has 0 aliphatic heterocycles. The second-order valence-electron chi connectivity index (χ2n) is 6.10. The Hall–Kier alpha value is -1.54. The number of thiazole rings is 1. The molecule has 8 heteroatoms. The minimum atomic E-state index is -0.355. The largest absolute Gasteiger partial charge is 0.302 e. The predicted molar refractivity (Wildman–Crippen MR) is 120 cm³/mol. The highest BCUT2D eigenvalue weighted by Gasteiger charge is 2.22. The lowest BCUT2D eigenvalue weighted by atomic mass is 10.2. The predicted octanol–water partition coefficient (Wildman–Crippen LogP) is 5.61. The summed E-state index contributed by atoms with van der Waals surface area (Å²) in [4.78, 5) is 21.7. The summed E-state index contributed by atoms with van der Waals surface area (Å²) in [7, 11) is 0. The van der Waals surface area contributed by atoms with Gasteiger partial charge in [0.1, 0.15) is 5.82 Å². The van der Waals surface area contributed by atoms with Crippen molar-refractivity contribution in [1.29, 1.82) is 0 Å². The van der Waals surface area contributed by atoms with E-state index >= 15 is 0 Å². The Morgan fingerprint density at radius 2 is 1.79 bits per heavy atom. The molecular weight excluding hydrogens is 465 g/mol. The van der Waals surface area contributed by atoms with E-state index in [0.717, 1.165) is 34.3 Å². The summed E-state index contributed by atoms with van der Waals surface area (Å²) in [5.74, 6) is -0.522. The maximum atomic E-state index is 13.3. The van der Waals surface area contributed by atoms with Gasteiger partial charge in [0, 0.05) is 23.1 Å². The molecule has 0 fully saturated rings. The maximum Gasteiger partial charge on any atom is 0.260 e. The first-order chi connectivity index (χ1) is 13.0. The molecule has 0 spiro atoms. The molecule has 0 bridgehead atoms. The van der Waals surface area contributed by atoms with Gasteiger partial charge >= 0.3 is 0 Å². The Balaban J connectivity index is 0.00000280. The third kappa shape index (κ3) is 5.29. The van der Waals surface area contributed by atoms with Crippen molar-refractivity contribution >= 4 is 60.9 Å². The number of anilines is 1. The standard InChI is InChI=1S/C20H21BrFN3OS.ClH/c1-3-24(4-2)11-12-25(19(26)14-5-8-16(22)9-6-14)20-23-17-10-7-15(21)13-18(17)27-20;/h5-10,13H,3-4,11-12H2,1-2H3;1H. The second-order valence-corrected chi connectivity index (χ2v) is 8.02. The highest BCUT2D eigenvalue weighted by atomic mass is 79.9. The molecule has 0 aliphatic carbocycles. The van der Waals surface area contributed by atoms with Crippen LogP contribution in [0.15, 0.2) is 46.9 Å². The third-order valence-electron chi connectivity index (χ3n) is 4.44. The number of benzene rings is 2. The number of rotatable bonds is 7. The molecular formula is C20H22BrClFN3OS. The van der Waals surface area contributed by atoms with Crippen LogP contribution in [0.4, 0.5) is 9.52 Å². The Morgan fingerprint density at radius 1 is 1.11 bits per heavy atom. The van der Waals surface area contributed by atoms with Crippen LogP contribution in [0.3, 0.4) is 0 Å². The van der Waals surface area contributed by atoms with Crippen LogP contribution in [0.2, 0.25) is 0 Å². The van der Waals surface area contributed by atoms with E-state index in [9.17, 15) is 9.18 Å². The Morgan fingerprint density at radius 3 is 2.43 bits per heavy atom. The number of hydrogen-bond acceptors (Lipinski definition) is 4. The molecule has 28 heavy (non-hydrogen) atoms. The van der Waals surface area contributed by atoms with Crippen molar-refractivity contribution in [2.75, 3.05) is 31.1 Å². The molecule has 2 aromatic carbocycles. The lowest BCUT2D eigenvalue weighted by Gasteiger charge is -2.24. The first kappa shape index (κ1) is 22.7. The number of carbonyl (C=O) groups excluding carboxylic acids is 1. The van der Waals surface area contributed by atoms with E-state index in [0.29, 0.717) is 17.2 Å². The van der Waals surface area contributed by atoms with Gasteiger partial charge in [-0.15, -0.1) is 12.4 Å². The van der Waals surface area contributed by atoms with E-state index in [2.05, 4.69) is 39.7 Å². The topological polar surface area (TPSA) is 36.4 Å². The molecule has 1 heterocycles. The number of hydrogen-bond donors (Lipinski definition) is 0. The van der Waals surface area contributed by atoms with Crippen LogP contribution in [-0.2, 0) is 0 Å². The molecule has 0 unspecified atom stereocenters. The molecule has 1 amide bonds. The number of carbonyl (C=O) groups is 1. The first-order valence-corrected chi connectivity index (χ1v) is 10.5. The van der Waals surface area contributed by atoms with E-state index in [1.165, 1.54) is 35.6 Å². The Bertz CT molecular complexity index is 931. The lowest BCUT2D eigenvalue weighted by Crippen LogP contribution is -2.38. The summed E-state index contributed by atoms with van der Waals surface area (Å²) in [6, 6.07) is 11.5. The van der Waals surface area contributed by atoms with Crippen molar-refractivity contribution in [2.45, 2.75) is 13.8 Å². The van der Waals surface area contributed by atoms with E-state index in [-0.39, 0.29) is 24.1 Å². The zero-order valence-corrected chi connectivity index (χ0v) is 18.9. The molecule has 0 saturated carbocycles. The number of amides is 1. The number of nitrogens with zero attached hydrogens (tertiary/aromatic N) is 3. The van der Waals surface area contributed by atoms with E-state index in [1.54, 1.807) is 4.90 Å². The molecule has 0 atom stereocenters. The zero-order valence-electron chi connectivity index (χ0n) is 15.7. The molecule has 150 valence electrons. The van der Waals surface area contributed by atoms with Crippen molar-refractivity contribution in [2.24, 2.45) is 0 Å². The van der Waals surface area contributed by atoms with E-state index in [1.807, 2.05) is 18.2 Å². The van der Waals surface area contributed by atoms with Gasteiger partial charge in [-0.1, -0.05) is 41.1 Å². The maximum absolute atomic E-state index is 13.3. The van der Waals surface area contributed by atoms with Gasteiger partial charge in [0.2, 0.25) is 0 Å². The normalized spacial score (nSPS) is 10.9. The van der Waals surface area contributed by atoms with E-state index < -0.39 is 0 Å². The van der Waals surface area contributed by atoms with Crippen LogP contribution >= 0.6 is 39.7 Å². The van der Waals surface area contributed by atoms with Crippen molar-refractivity contribution < 1.29 is 9.18 Å². The SMILES string of the molecule is CCN(CC)CCN(C(=O)c1ccc(F)cc1)c1nc2ccc(Br)cc2s1.Cl. The van der Waals surface area contributed by atoms with Gasteiger partial charge in [0.15, 0.2) is 5.13 Å². The van der Waals surface area contributed by atoms with Gasteiger partial charge in [0.25, 0.3) is 5.91 Å². The number of halogens is 3. The first-order valence-electron chi connectivity index (χ1n) is 8.87. The van der Waals surface area contributed by atoms with Crippen LogP contribution in [0.5, 0.6) is 0 Å². The molecule has 0 saturated heterocycles. The smallest absolute Gasteiger partial charge is 0.260 e. The summed E-state index contributed by atoms with van der Waals surface area (Å²) >= 11 is 4.96. The monoisotopic (exact) mass is 485 g/mol. The summed E-state index contributed by atoms with van der Waals surface area (Å²) in [6.45, 7) is 7.32. The number of fused-ring (bicyclic) bond motifs is 1. The van der Waals surface area contributed by atoms with Crippen LogP contribution in [-0.4, -0.2) is 42.0 Å². The minimum Gasteiger partial charge on any atom is -0.302 e. The minimum absolute atomic E-state index is 0. The Labute approximate surface area is 182 Å². The fourth-order valence-corrected chi connectivity index (χ4v) is 4.36. The van der Waals surface area contributed by atoms with Crippen LogP contribution < -0.4 is 4.90 Å². The quantitative estimate of drug-likeness (QED) is 0.436.